The monoisotopic (exact) mass is 539 g/mol. The van der Waals surface area contributed by atoms with Gasteiger partial charge in [-0.2, -0.15) is 0 Å². The highest BCUT2D eigenvalue weighted by Gasteiger charge is 2.19. The minimum atomic E-state index is -0.541. The van der Waals surface area contributed by atoms with Gasteiger partial charge in [0.15, 0.2) is 5.82 Å². The van der Waals surface area contributed by atoms with E-state index in [-0.39, 0.29) is 17.6 Å². The Bertz CT molecular complexity index is 1700. The Morgan fingerprint density at radius 3 is 2.15 bits per heavy atom. The standard InChI is InChI=1S/C31H33N5O4/c1-31(2,3)40-30(39)33-17-6-5-16-32-29(38)27-34-24(18-36(27)4)35-28(37)23-15-13-21-11-10-19-8-7-9-20-12-14-22(23)26(21)25(19)20/h7-15,18H,5-6,16-17H2,1-4H3,(H,32,38)(H,33,39)(H,35,37). The van der Waals surface area contributed by atoms with E-state index in [0.717, 1.165) is 32.3 Å². The fourth-order valence-electron chi connectivity index (χ4n) is 4.89. The number of hydrogen-bond donors (Lipinski definition) is 3. The predicted molar refractivity (Wildman–Crippen MR) is 157 cm³/mol. The number of nitrogens with zero attached hydrogens (tertiary/aromatic N) is 2. The van der Waals surface area contributed by atoms with Crippen LogP contribution in [-0.4, -0.2) is 46.1 Å². The molecule has 3 N–H and O–H groups in total. The van der Waals surface area contributed by atoms with E-state index in [1.54, 1.807) is 17.8 Å². The molecule has 0 bridgehead atoms. The molecule has 9 heteroatoms. The summed E-state index contributed by atoms with van der Waals surface area (Å²) in [6.45, 7) is 6.30. The maximum absolute atomic E-state index is 13.3. The van der Waals surface area contributed by atoms with Crippen molar-refractivity contribution in [3.05, 3.63) is 72.2 Å². The molecule has 9 nitrogen and oxygen atoms in total. The molecule has 40 heavy (non-hydrogen) atoms. The topological polar surface area (TPSA) is 114 Å². The number of benzene rings is 4. The summed E-state index contributed by atoms with van der Waals surface area (Å²) in [5.41, 5.74) is 0.00261. The highest BCUT2D eigenvalue weighted by molar-refractivity contribution is 6.27. The van der Waals surface area contributed by atoms with Crippen LogP contribution in [0.4, 0.5) is 10.6 Å². The second-order valence-corrected chi connectivity index (χ2v) is 10.9. The number of carbonyl (C=O) groups excluding carboxylic acids is 3. The van der Waals surface area contributed by atoms with Crippen molar-refractivity contribution in [3.8, 4) is 0 Å². The van der Waals surface area contributed by atoms with Crippen LogP contribution < -0.4 is 16.0 Å². The second-order valence-electron chi connectivity index (χ2n) is 10.9. The van der Waals surface area contributed by atoms with Crippen molar-refractivity contribution < 1.29 is 19.1 Å². The number of carbonyl (C=O) groups is 3. The van der Waals surface area contributed by atoms with Gasteiger partial charge in [0.2, 0.25) is 5.82 Å². The van der Waals surface area contributed by atoms with Gasteiger partial charge in [-0.1, -0.05) is 48.5 Å². The predicted octanol–water partition coefficient (Wildman–Crippen LogP) is 5.60. The third kappa shape index (κ3) is 5.68. The molecule has 0 fully saturated rings. The Kier molecular flexibility index (Phi) is 7.30. The lowest BCUT2D eigenvalue weighted by Crippen LogP contribution is -2.33. The molecule has 5 rings (SSSR count). The van der Waals surface area contributed by atoms with Crippen LogP contribution in [-0.2, 0) is 11.8 Å². The molecular formula is C31H33N5O4. The van der Waals surface area contributed by atoms with Gasteiger partial charge in [-0.15, -0.1) is 0 Å². The Balaban J connectivity index is 1.20. The van der Waals surface area contributed by atoms with Crippen LogP contribution in [0.1, 0.15) is 54.6 Å². The number of aromatic nitrogens is 2. The van der Waals surface area contributed by atoms with E-state index in [4.69, 9.17) is 4.74 Å². The number of aryl methyl sites for hydroxylation is 1. The molecular weight excluding hydrogens is 506 g/mol. The maximum Gasteiger partial charge on any atom is 0.407 e. The van der Waals surface area contributed by atoms with Crippen molar-refractivity contribution in [2.45, 2.75) is 39.2 Å². The first-order valence-corrected chi connectivity index (χ1v) is 13.4. The number of amides is 3. The minimum Gasteiger partial charge on any atom is -0.444 e. The molecule has 0 atom stereocenters. The first kappa shape index (κ1) is 26.9. The molecule has 0 aliphatic carbocycles. The summed E-state index contributed by atoms with van der Waals surface area (Å²) >= 11 is 0. The number of nitrogens with one attached hydrogen (secondary N) is 3. The van der Waals surface area contributed by atoms with Crippen LogP contribution in [0.15, 0.2) is 60.8 Å². The van der Waals surface area contributed by atoms with Crippen LogP contribution in [0.25, 0.3) is 32.3 Å². The molecule has 5 aromatic rings. The van der Waals surface area contributed by atoms with E-state index >= 15 is 0 Å². The SMILES string of the molecule is Cn1cc(NC(=O)c2ccc3ccc4cccc5ccc2c3c45)nc1C(=O)NCCCCNC(=O)OC(C)(C)C. The molecule has 0 aliphatic rings. The molecule has 0 spiro atoms. The third-order valence-electron chi connectivity index (χ3n) is 6.65. The fraction of sp³-hybridized carbons (Fsp3) is 0.290. The van der Waals surface area contributed by atoms with Crippen LogP contribution in [0, 0.1) is 0 Å². The second kappa shape index (κ2) is 10.8. The Labute approximate surface area is 232 Å². The van der Waals surface area contributed by atoms with Crippen LogP contribution in [0.5, 0.6) is 0 Å². The van der Waals surface area contributed by atoms with Crippen molar-refractivity contribution in [3.63, 3.8) is 0 Å². The summed E-state index contributed by atoms with van der Waals surface area (Å²) in [5.74, 6) is -0.145. The van der Waals surface area contributed by atoms with Crippen LogP contribution in [0.3, 0.4) is 0 Å². The van der Waals surface area contributed by atoms with Crippen molar-refractivity contribution in [1.82, 2.24) is 20.2 Å². The number of anilines is 1. The first-order chi connectivity index (χ1) is 19.1. The smallest absolute Gasteiger partial charge is 0.407 e. The first-order valence-electron chi connectivity index (χ1n) is 13.4. The normalized spacial score (nSPS) is 11.7. The molecule has 1 heterocycles. The van der Waals surface area contributed by atoms with E-state index < -0.39 is 11.7 Å². The largest absolute Gasteiger partial charge is 0.444 e. The molecule has 0 radical (unpaired) electrons. The fourth-order valence-corrected chi connectivity index (χ4v) is 4.89. The van der Waals surface area contributed by atoms with Gasteiger partial charge in [-0.05, 0) is 72.0 Å². The van der Waals surface area contributed by atoms with Crippen molar-refractivity contribution in [2.75, 3.05) is 18.4 Å². The highest BCUT2D eigenvalue weighted by atomic mass is 16.6. The molecule has 4 aromatic carbocycles. The molecule has 0 saturated heterocycles. The summed E-state index contributed by atoms with van der Waals surface area (Å²) in [6, 6.07) is 18.2. The van der Waals surface area contributed by atoms with Gasteiger partial charge in [0, 0.05) is 31.9 Å². The quantitative estimate of drug-likeness (QED) is 0.175. The summed E-state index contributed by atoms with van der Waals surface area (Å²) < 4.78 is 6.78. The summed E-state index contributed by atoms with van der Waals surface area (Å²) in [7, 11) is 1.71. The van der Waals surface area contributed by atoms with Gasteiger partial charge >= 0.3 is 6.09 Å². The zero-order valence-corrected chi connectivity index (χ0v) is 23.1. The molecule has 0 saturated carbocycles. The number of ether oxygens (including phenoxy) is 1. The lowest BCUT2D eigenvalue weighted by atomic mass is 9.92. The van der Waals surface area contributed by atoms with Gasteiger partial charge in [-0.25, -0.2) is 9.78 Å². The summed E-state index contributed by atoms with van der Waals surface area (Å²) in [6.07, 6.45) is 2.51. The number of alkyl carbamates (subject to hydrolysis) is 1. The molecule has 0 aliphatic heterocycles. The Morgan fingerprint density at radius 2 is 1.45 bits per heavy atom. The molecule has 0 unspecified atom stereocenters. The Morgan fingerprint density at radius 1 is 0.825 bits per heavy atom. The number of imidazole rings is 1. The average molecular weight is 540 g/mol. The Hall–Kier alpha value is -4.66. The number of unbranched alkanes of at least 4 members (excludes halogenated alkanes) is 1. The van der Waals surface area contributed by atoms with Gasteiger partial charge in [-0.3, -0.25) is 9.59 Å². The molecule has 1 aromatic heterocycles. The molecule has 206 valence electrons. The number of rotatable bonds is 8. The van der Waals surface area contributed by atoms with Crippen LogP contribution >= 0.6 is 0 Å². The lowest BCUT2D eigenvalue weighted by Gasteiger charge is -2.19. The lowest BCUT2D eigenvalue weighted by molar-refractivity contribution is 0.0526. The van der Waals surface area contributed by atoms with Gasteiger partial charge in [0.1, 0.15) is 5.60 Å². The van der Waals surface area contributed by atoms with Crippen LogP contribution in [0.2, 0.25) is 0 Å². The van der Waals surface area contributed by atoms with E-state index in [9.17, 15) is 14.4 Å². The zero-order valence-electron chi connectivity index (χ0n) is 23.1. The summed E-state index contributed by atoms with van der Waals surface area (Å²) in [4.78, 5) is 42.1. The highest BCUT2D eigenvalue weighted by Crippen LogP contribution is 2.36. The van der Waals surface area contributed by atoms with E-state index in [0.29, 0.717) is 37.3 Å². The minimum absolute atomic E-state index is 0.192. The average Bonchev–Trinajstić information content (AvgIpc) is 3.27. The van der Waals surface area contributed by atoms with E-state index in [1.807, 2.05) is 51.1 Å². The van der Waals surface area contributed by atoms with Gasteiger partial charge in [0.25, 0.3) is 11.8 Å². The van der Waals surface area contributed by atoms with Gasteiger partial charge < -0.3 is 25.3 Å². The number of hydrogen-bond acceptors (Lipinski definition) is 5. The van der Waals surface area contributed by atoms with Crippen molar-refractivity contribution in [2.24, 2.45) is 7.05 Å². The van der Waals surface area contributed by atoms with Crippen molar-refractivity contribution >= 4 is 56.0 Å². The van der Waals surface area contributed by atoms with Gasteiger partial charge in [0.05, 0.1) is 0 Å². The third-order valence-corrected chi connectivity index (χ3v) is 6.65. The maximum atomic E-state index is 13.3. The van der Waals surface area contributed by atoms with Crippen molar-refractivity contribution in [1.29, 1.82) is 0 Å². The van der Waals surface area contributed by atoms with E-state index in [2.05, 4.69) is 45.2 Å². The van der Waals surface area contributed by atoms with E-state index in [1.165, 1.54) is 0 Å². The summed E-state index contributed by atoms with van der Waals surface area (Å²) in [5, 5.41) is 14.8. The zero-order chi connectivity index (χ0) is 28.4. The molecule has 3 amide bonds.